The fourth-order valence-electron chi connectivity index (χ4n) is 2.75. The molecular weight excluding hydrogens is 380 g/mol. The monoisotopic (exact) mass is 414 g/mol. The van der Waals surface area contributed by atoms with E-state index in [0.717, 1.165) is 12.1 Å². The van der Waals surface area contributed by atoms with Crippen molar-refractivity contribution in [1.82, 2.24) is 25.7 Å². The predicted molar refractivity (Wildman–Crippen MR) is 119 cm³/mol. The number of amides is 1. The molecule has 0 saturated heterocycles. The molecule has 0 spiro atoms. The molecule has 0 saturated carbocycles. The quantitative estimate of drug-likeness (QED) is 0.479. The lowest BCUT2D eigenvalue weighted by atomic mass is 10.1. The Kier molecular flexibility index (Phi) is 7.86. The van der Waals surface area contributed by atoms with E-state index in [1.807, 2.05) is 57.6 Å². The van der Waals surface area contributed by atoms with Gasteiger partial charge in [0, 0.05) is 32.5 Å². The Bertz CT molecular complexity index is 838. The Morgan fingerprint density at radius 2 is 1.87 bits per heavy atom. The molecule has 0 aliphatic carbocycles. The zero-order chi connectivity index (χ0) is 22.2. The summed E-state index contributed by atoms with van der Waals surface area (Å²) in [6, 6.07) is 10.3. The second kappa shape index (κ2) is 10.1. The molecule has 1 heterocycles. The summed E-state index contributed by atoms with van der Waals surface area (Å²) in [4.78, 5) is 16.3. The van der Waals surface area contributed by atoms with Crippen LogP contribution < -0.4 is 16.0 Å². The van der Waals surface area contributed by atoms with Gasteiger partial charge in [-0.2, -0.15) is 5.10 Å². The molecule has 30 heavy (non-hydrogen) atoms. The van der Waals surface area contributed by atoms with E-state index < -0.39 is 17.2 Å². The lowest BCUT2D eigenvalue weighted by Gasteiger charge is -2.29. The Morgan fingerprint density at radius 1 is 1.13 bits per heavy atom. The third-order valence-corrected chi connectivity index (χ3v) is 4.12. The van der Waals surface area contributed by atoms with E-state index in [1.165, 1.54) is 5.56 Å². The molecule has 8 heteroatoms. The van der Waals surface area contributed by atoms with Crippen molar-refractivity contribution in [1.29, 1.82) is 0 Å². The van der Waals surface area contributed by atoms with Crippen molar-refractivity contribution < 1.29 is 9.53 Å². The Labute approximate surface area is 179 Å². The molecule has 0 aliphatic rings. The number of rotatable bonds is 7. The first-order valence-electron chi connectivity index (χ1n) is 10.1. The predicted octanol–water partition coefficient (Wildman–Crippen LogP) is 2.90. The van der Waals surface area contributed by atoms with Gasteiger partial charge < -0.3 is 20.7 Å². The van der Waals surface area contributed by atoms with Crippen LogP contribution in [0.25, 0.3) is 0 Å². The van der Waals surface area contributed by atoms with Crippen LogP contribution in [0, 0.1) is 0 Å². The van der Waals surface area contributed by atoms with E-state index in [2.05, 4.69) is 44.2 Å². The number of ether oxygens (including phenoxy) is 1. The molecule has 0 fully saturated rings. The van der Waals surface area contributed by atoms with Crippen LogP contribution in [0.1, 0.15) is 45.7 Å². The SMILES string of the molecule is CN=C(NCc1cccc(Cn2cccn2)c1)NCC(C)(C)NC(=O)OC(C)(C)C. The smallest absolute Gasteiger partial charge is 0.408 e. The first-order chi connectivity index (χ1) is 14.1. The van der Waals surface area contributed by atoms with Gasteiger partial charge in [-0.05, 0) is 51.8 Å². The van der Waals surface area contributed by atoms with Crippen molar-refractivity contribution in [3.05, 3.63) is 53.9 Å². The Hall–Kier alpha value is -3.03. The maximum Gasteiger partial charge on any atom is 0.408 e. The van der Waals surface area contributed by atoms with E-state index >= 15 is 0 Å². The van der Waals surface area contributed by atoms with Gasteiger partial charge in [-0.15, -0.1) is 0 Å². The number of alkyl carbamates (subject to hydrolysis) is 1. The van der Waals surface area contributed by atoms with Crippen LogP contribution in [0.4, 0.5) is 4.79 Å². The maximum atomic E-state index is 12.0. The van der Waals surface area contributed by atoms with Crippen molar-refractivity contribution in [3.63, 3.8) is 0 Å². The van der Waals surface area contributed by atoms with Gasteiger partial charge in [0.1, 0.15) is 5.60 Å². The van der Waals surface area contributed by atoms with Crippen LogP contribution >= 0.6 is 0 Å². The Morgan fingerprint density at radius 3 is 2.50 bits per heavy atom. The molecule has 1 aromatic carbocycles. The molecule has 0 unspecified atom stereocenters. The van der Waals surface area contributed by atoms with Crippen LogP contribution in [0.15, 0.2) is 47.7 Å². The molecule has 0 bridgehead atoms. The molecule has 2 rings (SSSR count). The van der Waals surface area contributed by atoms with E-state index in [0.29, 0.717) is 19.0 Å². The third-order valence-electron chi connectivity index (χ3n) is 4.12. The van der Waals surface area contributed by atoms with Gasteiger partial charge in [0.15, 0.2) is 5.96 Å². The van der Waals surface area contributed by atoms with E-state index in [-0.39, 0.29) is 0 Å². The molecule has 3 N–H and O–H groups in total. The summed E-state index contributed by atoms with van der Waals surface area (Å²) < 4.78 is 7.23. The highest BCUT2D eigenvalue weighted by molar-refractivity contribution is 5.79. The fourth-order valence-corrected chi connectivity index (χ4v) is 2.75. The molecule has 164 valence electrons. The van der Waals surface area contributed by atoms with E-state index in [1.54, 1.807) is 13.2 Å². The largest absolute Gasteiger partial charge is 0.444 e. The normalized spacial score (nSPS) is 12.4. The molecule has 0 radical (unpaired) electrons. The van der Waals surface area contributed by atoms with Crippen molar-refractivity contribution in [2.75, 3.05) is 13.6 Å². The summed E-state index contributed by atoms with van der Waals surface area (Å²) in [6.45, 7) is 11.2. The number of nitrogens with one attached hydrogen (secondary N) is 3. The van der Waals surface area contributed by atoms with Crippen molar-refractivity contribution in [2.45, 2.75) is 58.8 Å². The summed E-state index contributed by atoms with van der Waals surface area (Å²) in [7, 11) is 1.72. The third kappa shape index (κ3) is 8.55. The lowest BCUT2D eigenvalue weighted by molar-refractivity contribution is 0.0474. The van der Waals surface area contributed by atoms with Gasteiger partial charge in [0.25, 0.3) is 0 Å². The minimum Gasteiger partial charge on any atom is -0.444 e. The van der Waals surface area contributed by atoms with Crippen LogP contribution in [0.5, 0.6) is 0 Å². The fraction of sp³-hybridized carbons (Fsp3) is 0.500. The molecule has 0 atom stereocenters. The highest BCUT2D eigenvalue weighted by Gasteiger charge is 2.24. The number of hydrogen-bond acceptors (Lipinski definition) is 4. The van der Waals surface area contributed by atoms with Gasteiger partial charge in [-0.1, -0.05) is 24.3 Å². The number of carbonyl (C=O) groups excluding carboxylic acids is 1. The van der Waals surface area contributed by atoms with Gasteiger partial charge in [0.05, 0.1) is 12.1 Å². The maximum absolute atomic E-state index is 12.0. The van der Waals surface area contributed by atoms with Crippen molar-refractivity contribution in [3.8, 4) is 0 Å². The number of benzene rings is 1. The first kappa shape index (κ1) is 23.3. The minimum atomic E-state index is -0.531. The molecule has 8 nitrogen and oxygen atoms in total. The van der Waals surface area contributed by atoms with E-state index in [9.17, 15) is 4.79 Å². The second-order valence-electron chi connectivity index (χ2n) is 8.81. The van der Waals surface area contributed by atoms with Crippen LogP contribution in [0.2, 0.25) is 0 Å². The minimum absolute atomic E-state index is 0.439. The van der Waals surface area contributed by atoms with Gasteiger partial charge in [0.2, 0.25) is 0 Å². The number of aliphatic imine (C=N–C) groups is 1. The zero-order valence-corrected chi connectivity index (χ0v) is 18.8. The number of guanidine groups is 1. The molecule has 0 aliphatic heterocycles. The van der Waals surface area contributed by atoms with Crippen LogP contribution in [-0.4, -0.2) is 46.6 Å². The lowest BCUT2D eigenvalue weighted by Crippen LogP contribution is -2.54. The molecule has 1 amide bonds. The summed E-state index contributed by atoms with van der Waals surface area (Å²) in [5.74, 6) is 0.659. The number of nitrogens with zero attached hydrogens (tertiary/aromatic N) is 3. The second-order valence-corrected chi connectivity index (χ2v) is 8.81. The molecular formula is C22H34N6O2. The van der Waals surface area contributed by atoms with Crippen molar-refractivity contribution in [2.24, 2.45) is 4.99 Å². The molecule has 1 aromatic heterocycles. The topological polar surface area (TPSA) is 92.6 Å². The summed E-state index contributed by atoms with van der Waals surface area (Å²) >= 11 is 0. The van der Waals surface area contributed by atoms with Gasteiger partial charge in [-0.25, -0.2) is 4.79 Å². The van der Waals surface area contributed by atoms with Gasteiger partial charge >= 0.3 is 6.09 Å². The van der Waals surface area contributed by atoms with Crippen LogP contribution in [0.3, 0.4) is 0 Å². The number of carbonyl (C=O) groups is 1. The Balaban J connectivity index is 1.84. The average Bonchev–Trinajstić information content (AvgIpc) is 3.13. The first-order valence-corrected chi connectivity index (χ1v) is 10.1. The average molecular weight is 415 g/mol. The van der Waals surface area contributed by atoms with E-state index in [4.69, 9.17) is 4.74 Å². The van der Waals surface area contributed by atoms with Crippen LogP contribution in [-0.2, 0) is 17.8 Å². The number of hydrogen-bond donors (Lipinski definition) is 3. The highest BCUT2D eigenvalue weighted by Crippen LogP contribution is 2.09. The summed E-state index contributed by atoms with van der Waals surface area (Å²) in [6.07, 6.45) is 3.29. The number of aromatic nitrogens is 2. The summed E-state index contributed by atoms with van der Waals surface area (Å²) in [5, 5.41) is 13.7. The zero-order valence-electron chi connectivity index (χ0n) is 18.8. The standard InChI is InChI=1S/C22H34N6O2/c1-21(2,3)30-20(29)27-22(4,5)16-25-19(23-6)24-14-17-9-7-10-18(13-17)15-28-12-8-11-26-28/h7-13H,14-16H2,1-6H3,(H,27,29)(H2,23,24,25). The molecule has 2 aromatic rings. The van der Waals surface area contributed by atoms with Crippen molar-refractivity contribution >= 4 is 12.1 Å². The van der Waals surface area contributed by atoms with Gasteiger partial charge in [-0.3, -0.25) is 9.67 Å². The highest BCUT2D eigenvalue weighted by atomic mass is 16.6. The summed E-state index contributed by atoms with van der Waals surface area (Å²) in [5.41, 5.74) is 1.29.